The molecule has 3 rings (SSSR count). The summed E-state index contributed by atoms with van der Waals surface area (Å²) in [7, 11) is 0. The number of non-ortho nitro benzene ring substituents is 1. The summed E-state index contributed by atoms with van der Waals surface area (Å²) in [6.45, 7) is 3.23. The summed E-state index contributed by atoms with van der Waals surface area (Å²) in [5, 5.41) is 13.9. The van der Waals surface area contributed by atoms with E-state index in [1.807, 2.05) is 0 Å². The van der Waals surface area contributed by atoms with Crippen LogP contribution in [0.4, 0.5) is 5.69 Å². The van der Waals surface area contributed by atoms with Crippen LogP contribution in [0.3, 0.4) is 0 Å². The standard InChI is InChI=1S/C20H29N3O3/c24-19(15-17-7-9-18(10-8-17)23(25)26)21-16-20(11-3-1-4-12-20)22-13-5-2-6-14-22/h7-10H,1-6,11-16H2,(H,21,24)/p+1. The smallest absolute Gasteiger partial charge is 0.269 e. The van der Waals surface area contributed by atoms with Crippen LogP contribution in [0.25, 0.3) is 0 Å². The molecule has 1 saturated carbocycles. The number of amides is 1. The maximum atomic E-state index is 12.4. The van der Waals surface area contributed by atoms with E-state index in [1.165, 1.54) is 76.6 Å². The number of nitro benzene ring substituents is 1. The fourth-order valence-electron chi connectivity index (χ4n) is 4.64. The quantitative estimate of drug-likeness (QED) is 0.602. The first-order chi connectivity index (χ1) is 12.6. The zero-order chi connectivity index (χ0) is 18.4. The van der Waals surface area contributed by atoms with E-state index < -0.39 is 4.92 Å². The maximum Gasteiger partial charge on any atom is 0.269 e. The predicted octanol–water partition coefficient (Wildman–Crippen LogP) is 2.03. The molecule has 0 atom stereocenters. The van der Waals surface area contributed by atoms with Crippen molar-refractivity contribution in [3.05, 3.63) is 39.9 Å². The molecule has 0 radical (unpaired) electrons. The summed E-state index contributed by atoms with van der Waals surface area (Å²) in [6, 6.07) is 6.26. The maximum absolute atomic E-state index is 12.4. The molecule has 6 nitrogen and oxygen atoms in total. The molecule has 1 aliphatic carbocycles. The molecule has 1 saturated heterocycles. The van der Waals surface area contributed by atoms with Crippen LogP contribution >= 0.6 is 0 Å². The van der Waals surface area contributed by atoms with E-state index in [4.69, 9.17) is 0 Å². The minimum absolute atomic E-state index is 0.0141. The lowest BCUT2D eigenvalue weighted by molar-refractivity contribution is -0.957. The number of benzene rings is 1. The molecule has 0 aromatic heterocycles. The lowest BCUT2D eigenvalue weighted by Gasteiger charge is -2.45. The van der Waals surface area contributed by atoms with Gasteiger partial charge in [0, 0.05) is 25.0 Å². The van der Waals surface area contributed by atoms with Crippen molar-refractivity contribution in [1.82, 2.24) is 5.32 Å². The molecule has 1 aromatic carbocycles. The van der Waals surface area contributed by atoms with E-state index in [9.17, 15) is 14.9 Å². The number of rotatable bonds is 6. The lowest BCUT2D eigenvalue weighted by Crippen LogP contribution is -3.22. The first-order valence-corrected chi connectivity index (χ1v) is 9.94. The summed E-state index contributed by atoms with van der Waals surface area (Å²) >= 11 is 0. The highest BCUT2D eigenvalue weighted by atomic mass is 16.6. The Labute approximate surface area is 155 Å². The third-order valence-corrected chi connectivity index (χ3v) is 6.15. The van der Waals surface area contributed by atoms with Crippen molar-refractivity contribution in [1.29, 1.82) is 0 Å². The van der Waals surface area contributed by atoms with Crippen LogP contribution in [0.1, 0.15) is 56.9 Å². The number of likely N-dealkylation sites (tertiary alicyclic amines) is 1. The zero-order valence-electron chi connectivity index (χ0n) is 15.5. The molecule has 0 bridgehead atoms. The van der Waals surface area contributed by atoms with E-state index in [0.717, 1.165) is 12.1 Å². The first-order valence-electron chi connectivity index (χ1n) is 9.94. The van der Waals surface area contributed by atoms with Gasteiger partial charge in [-0.05, 0) is 37.7 Å². The molecule has 142 valence electrons. The van der Waals surface area contributed by atoms with Gasteiger partial charge in [0.2, 0.25) is 5.91 Å². The van der Waals surface area contributed by atoms with E-state index in [1.54, 1.807) is 17.0 Å². The van der Waals surface area contributed by atoms with Gasteiger partial charge in [0.05, 0.1) is 31.0 Å². The number of piperidine rings is 1. The number of carbonyl (C=O) groups is 1. The van der Waals surface area contributed by atoms with Gasteiger partial charge in [-0.3, -0.25) is 14.9 Å². The van der Waals surface area contributed by atoms with Gasteiger partial charge in [0.25, 0.3) is 5.69 Å². The number of quaternary nitrogens is 1. The van der Waals surface area contributed by atoms with E-state index in [2.05, 4.69) is 5.32 Å². The van der Waals surface area contributed by atoms with Gasteiger partial charge in [0.1, 0.15) is 5.54 Å². The van der Waals surface area contributed by atoms with E-state index in [-0.39, 0.29) is 23.6 Å². The Morgan fingerprint density at radius 2 is 1.65 bits per heavy atom. The fourth-order valence-corrected chi connectivity index (χ4v) is 4.64. The minimum Gasteiger partial charge on any atom is -0.350 e. The molecule has 0 unspecified atom stereocenters. The average Bonchev–Trinajstić information content (AvgIpc) is 2.68. The Balaban J connectivity index is 1.57. The zero-order valence-corrected chi connectivity index (χ0v) is 15.5. The largest absolute Gasteiger partial charge is 0.350 e. The van der Waals surface area contributed by atoms with Crippen molar-refractivity contribution in [2.45, 2.75) is 63.3 Å². The number of hydrogen-bond acceptors (Lipinski definition) is 3. The lowest BCUT2D eigenvalue weighted by atomic mass is 9.79. The van der Waals surface area contributed by atoms with Crippen LogP contribution in [0.15, 0.2) is 24.3 Å². The normalized spacial score (nSPS) is 20.5. The summed E-state index contributed by atoms with van der Waals surface area (Å²) in [5.41, 5.74) is 1.09. The fraction of sp³-hybridized carbons (Fsp3) is 0.650. The van der Waals surface area contributed by atoms with Crippen LogP contribution in [-0.2, 0) is 11.2 Å². The van der Waals surface area contributed by atoms with Crippen molar-refractivity contribution in [3.8, 4) is 0 Å². The molecule has 0 spiro atoms. The topological polar surface area (TPSA) is 76.7 Å². The first kappa shape index (κ1) is 18.8. The number of hydrogen-bond donors (Lipinski definition) is 2. The predicted molar refractivity (Wildman–Crippen MR) is 100 cm³/mol. The summed E-state index contributed by atoms with van der Waals surface area (Å²) in [4.78, 5) is 24.4. The van der Waals surface area contributed by atoms with Gasteiger partial charge in [-0.1, -0.05) is 18.6 Å². The monoisotopic (exact) mass is 360 g/mol. The minimum atomic E-state index is -0.419. The van der Waals surface area contributed by atoms with E-state index in [0.29, 0.717) is 0 Å². The van der Waals surface area contributed by atoms with Gasteiger partial charge < -0.3 is 10.2 Å². The third-order valence-electron chi connectivity index (χ3n) is 6.15. The van der Waals surface area contributed by atoms with Crippen molar-refractivity contribution in [3.63, 3.8) is 0 Å². The van der Waals surface area contributed by atoms with Crippen LogP contribution in [0.5, 0.6) is 0 Å². The average molecular weight is 360 g/mol. The van der Waals surface area contributed by atoms with Gasteiger partial charge in [-0.25, -0.2) is 0 Å². The molecule has 1 amide bonds. The molecule has 1 aromatic rings. The van der Waals surface area contributed by atoms with Crippen LogP contribution < -0.4 is 10.2 Å². The van der Waals surface area contributed by atoms with Gasteiger partial charge in [-0.2, -0.15) is 0 Å². The summed E-state index contributed by atoms with van der Waals surface area (Å²) in [5.74, 6) is 0.0141. The molecule has 2 fully saturated rings. The highest BCUT2D eigenvalue weighted by Crippen LogP contribution is 2.26. The highest BCUT2D eigenvalue weighted by Gasteiger charge is 2.42. The molecule has 1 aliphatic heterocycles. The van der Waals surface area contributed by atoms with Crippen LogP contribution in [-0.4, -0.2) is 36.0 Å². The second kappa shape index (κ2) is 8.62. The Bertz CT molecular complexity index is 618. The molecule has 26 heavy (non-hydrogen) atoms. The van der Waals surface area contributed by atoms with Crippen LogP contribution in [0.2, 0.25) is 0 Å². The van der Waals surface area contributed by atoms with Gasteiger partial charge in [-0.15, -0.1) is 0 Å². The molecule has 2 N–H and O–H groups in total. The van der Waals surface area contributed by atoms with Gasteiger partial charge in [0.15, 0.2) is 0 Å². The second-order valence-corrected chi connectivity index (χ2v) is 7.88. The third kappa shape index (κ3) is 4.61. The van der Waals surface area contributed by atoms with Crippen molar-refractivity contribution in [2.24, 2.45) is 0 Å². The van der Waals surface area contributed by atoms with Crippen molar-refractivity contribution in [2.75, 3.05) is 19.6 Å². The van der Waals surface area contributed by atoms with Crippen molar-refractivity contribution < 1.29 is 14.6 Å². The Morgan fingerprint density at radius 3 is 2.27 bits per heavy atom. The molecule has 6 heteroatoms. The van der Waals surface area contributed by atoms with Crippen LogP contribution in [0, 0.1) is 10.1 Å². The highest BCUT2D eigenvalue weighted by molar-refractivity contribution is 5.78. The van der Waals surface area contributed by atoms with Crippen molar-refractivity contribution >= 4 is 11.6 Å². The van der Waals surface area contributed by atoms with Gasteiger partial charge >= 0.3 is 0 Å². The summed E-state index contributed by atoms with van der Waals surface area (Å²) in [6.07, 6.45) is 10.5. The Morgan fingerprint density at radius 1 is 1.04 bits per heavy atom. The second-order valence-electron chi connectivity index (χ2n) is 7.88. The molecular weight excluding hydrogens is 330 g/mol. The SMILES string of the molecule is O=C(Cc1ccc([N+](=O)[O-])cc1)NCC1([NH+]2CCCCC2)CCCCC1. The molecule has 1 heterocycles. The Hall–Kier alpha value is -1.95. The number of nitrogens with zero attached hydrogens (tertiary/aromatic N) is 1. The number of nitro groups is 1. The summed E-state index contributed by atoms with van der Waals surface area (Å²) < 4.78 is 0. The molecule has 2 aliphatic rings. The number of carbonyl (C=O) groups excluding carboxylic acids is 1. The number of nitrogens with one attached hydrogen (secondary N) is 2. The Kier molecular flexibility index (Phi) is 6.25. The molecular formula is C20H30N3O3+. The van der Waals surface area contributed by atoms with E-state index >= 15 is 0 Å².